The number of para-hydroxylation sites is 1. The van der Waals surface area contributed by atoms with Crippen LogP contribution >= 0.6 is 0 Å². The molecule has 6 heteroatoms. The van der Waals surface area contributed by atoms with Crippen molar-refractivity contribution in [2.45, 2.75) is 40.2 Å². The molecule has 0 bridgehead atoms. The van der Waals surface area contributed by atoms with Crippen molar-refractivity contribution in [1.29, 1.82) is 0 Å². The number of nitrogens with zero attached hydrogens (tertiary/aromatic N) is 3. The van der Waals surface area contributed by atoms with Gasteiger partial charge in [-0.05, 0) is 32.4 Å². The summed E-state index contributed by atoms with van der Waals surface area (Å²) in [5.41, 5.74) is 2.71. The van der Waals surface area contributed by atoms with Gasteiger partial charge in [0.15, 0.2) is 5.52 Å². The first kappa shape index (κ1) is 16.2. The minimum Gasteiger partial charge on any atom is -0.493 e. The van der Waals surface area contributed by atoms with E-state index in [9.17, 15) is 4.79 Å². The van der Waals surface area contributed by atoms with E-state index in [1.54, 1.807) is 4.68 Å². The summed E-state index contributed by atoms with van der Waals surface area (Å²) in [5, 5.41) is 4.55. The number of ether oxygens (including phenoxy) is 1. The van der Waals surface area contributed by atoms with Gasteiger partial charge >= 0.3 is 0 Å². The lowest BCUT2D eigenvalue weighted by Gasteiger charge is -2.09. The normalized spacial score (nSPS) is 11.1. The molecule has 0 saturated heterocycles. The largest absolute Gasteiger partial charge is 0.493 e. The van der Waals surface area contributed by atoms with Crippen molar-refractivity contribution in [2.24, 2.45) is 0 Å². The molecule has 0 saturated carbocycles. The summed E-state index contributed by atoms with van der Waals surface area (Å²) in [5.74, 6) is 1.23. The third kappa shape index (κ3) is 2.79. The molecule has 0 spiro atoms. The molecule has 2 heterocycles. The van der Waals surface area contributed by atoms with Gasteiger partial charge in [0.2, 0.25) is 0 Å². The van der Waals surface area contributed by atoms with Crippen LogP contribution in [0.1, 0.15) is 32.9 Å². The van der Waals surface area contributed by atoms with E-state index in [0.717, 1.165) is 24.1 Å². The Morgan fingerprint density at radius 1 is 1.21 bits per heavy atom. The first-order chi connectivity index (χ1) is 11.7. The molecular weight excluding hydrogens is 304 g/mol. The lowest BCUT2D eigenvalue weighted by Crippen LogP contribution is -2.13. The summed E-state index contributed by atoms with van der Waals surface area (Å²) < 4.78 is 7.39. The summed E-state index contributed by atoms with van der Waals surface area (Å²) in [6.07, 6.45) is 1.75. The molecular formula is C18H22N4O2. The fourth-order valence-electron chi connectivity index (χ4n) is 2.86. The highest BCUT2D eigenvalue weighted by Crippen LogP contribution is 2.28. The first-order valence-corrected chi connectivity index (χ1v) is 8.41. The van der Waals surface area contributed by atoms with Crippen molar-refractivity contribution in [3.63, 3.8) is 0 Å². The Balaban J connectivity index is 2.24. The van der Waals surface area contributed by atoms with Crippen LogP contribution in [0.25, 0.3) is 22.4 Å². The van der Waals surface area contributed by atoms with E-state index in [1.807, 2.05) is 38.1 Å². The summed E-state index contributed by atoms with van der Waals surface area (Å²) in [7, 11) is 0. The predicted molar refractivity (Wildman–Crippen MR) is 94.4 cm³/mol. The molecule has 0 aliphatic carbocycles. The van der Waals surface area contributed by atoms with Crippen LogP contribution in [0, 0.1) is 0 Å². The van der Waals surface area contributed by atoms with Crippen LogP contribution in [0.3, 0.4) is 0 Å². The van der Waals surface area contributed by atoms with Crippen LogP contribution < -0.4 is 10.3 Å². The zero-order chi connectivity index (χ0) is 17.1. The van der Waals surface area contributed by atoms with Gasteiger partial charge in [-0.15, -0.1) is 0 Å². The third-order valence-corrected chi connectivity index (χ3v) is 3.90. The van der Waals surface area contributed by atoms with Crippen molar-refractivity contribution in [1.82, 2.24) is 19.7 Å². The van der Waals surface area contributed by atoms with Crippen molar-refractivity contribution in [3.8, 4) is 17.1 Å². The van der Waals surface area contributed by atoms with E-state index in [2.05, 4.69) is 17.0 Å². The number of hydrogen-bond acceptors (Lipinski definition) is 4. The second-order valence-electron chi connectivity index (χ2n) is 5.55. The molecule has 0 atom stereocenters. The molecule has 6 nitrogen and oxygen atoms in total. The quantitative estimate of drug-likeness (QED) is 0.755. The van der Waals surface area contributed by atoms with Crippen molar-refractivity contribution >= 4 is 11.0 Å². The van der Waals surface area contributed by atoms with Crippen LogP contribution in [0.5, 0.6) is 5.75 Å². The number of H-pyrrole nitrogens is 1. The van der Waals surface area contributed by atoms with Crippen LogP contribution in [-0.2, 0) is 13.0 Å². The molecule has 0 unspecified atom stereocenters. The number of aromatic nitrogens is 4. The van der Waals surface area contributed by atoms with E-state index in [0.29, 0.717) is 35.8 Å². The van der Waals surface area contributed by atoms with E-state index >= 15 is 0 Å². The number of benzene rings is 1. The van der Waals surface area contributed by atoms with Gasteiger partial charge in [-0.25, -0.2) is 4.98 Å². The average Bonchev–Trinajstić information content (AvgIpc) is 2.94. The molecule has 2 aromatic heterocycles. The van der Waals surface area contributed by atoms with Gasteiger partial charge in [0.05, 0.1) is 17.9 Å². The van der Waals surface area contributed by atoms with E-state index in [-0.39, 0.29) is 5.56 Å². The Hall–Kier alpha value is -2.63. The van der Waals surface area contributed by atoms with Crippen LogP contribution in [-0.4, -0.2) is 26.4 Å². The topological polar surface area (TPSA) is 72.8 Å². The molecule has 0 aliphatic rings. The lowest BCUT2D eigenvalue weighted by atomic mass is 10.1. The monoisotopic (exact) mass is 326 g/mol. The number of fused-ring (bicyclic) bond motifs is 1. The smallest absolute Gasteiger partial charge is 0.277 e. The minimum atomic E-state index is -0.169. The fourth-order valence-corrected chi connectivity index (χ4v) is 2.86. The van der Waals surface area contributed by atoms with Crippen molar-refractivity contribution < 1.29 is 4.74 Å². The van der Waals surface area contributed by atoms with Gasteiger partial charge in [0.1, 0.15) is 17.1 Å². The SMILES string of the molecule is CCCc1nn(CC)c2c(=O)[nH]c(-c3ccccc3OCC)nc12. The number of nitrogens with one attached hydrogen (secondary N) is 1. The zero-order valence-corrected chi connectivity index (χ0v) is 14.3. The first-order valence-electron chi connectivity index (χ1n) is 8.41. The number of aryl methyl sites for hydroxylation is 2. The zero-order valence-electron chi connectivity index (χ0n) is 14.3. The van der Waals surface area contributed by atoms with Crippen LogP contribution in [0.2, 0.25) is 0 Å². The molecule has 1 aromatic carbocycles. The molecule has 3 aromatic rings. The Bertz CT molecular complexity index is 911. The lowest BCUT2D eigenvalue weighted by molar-refractivity contribution is 0.341. The highest BCUT2D eigenvalue weighted by atomic mass is 16.5. The molecule has 1 N–H and O–H groups in total. The molecule has 0 fully saturated rings. The van der Waals surface area contributed by atoms with Crippen LogP contribution in [0.15, 0.2) is 29.1 Å². The van der Waals surface area contributed by atoms with Crippen LogP contribution in [0.4, 0.5) is 0 Å². The van der Waals surface area contributed by atoms with Gasteiger partial charge in [-0.3, -0.25) is 9.48 Å². The number of aromatic amines is 1. The summed E-state index contributed by atoms with van der Waals surface area (Å²) in [6.45, 7) is 7.19. The Labute approximate surface area is 140 Å². The van der Waals surface area contributed by atoms with E-state index in [1.165, 1.54) is 0 Å². The van der Waals surface area contributed by atoms with Crippen molar-refractivity contribution in [3.05, 3.63) is 40.3 Å². The highest BCUT2D eigenvalue weighted by molar-refractivity contribution is 5.79. The summed E-state index contributed by atoms with van der Waals surface area (Å²) in [6, 6.07) is 7.59. The average molecular weight is 326 g/mol. The minimum absolute atomic E-state index is 0.169. The second-order valence-corrected chi connectivity index (χ2v) is 5.55. The third-order valence-electron chi connectivity index (χ3n) is 3.90. The van der Waals surface area contributed by atoms with E-state index < -0.39 is 0 Å². The number of rotatable bonds is 6. The Kier molecular flexibility index (Phi) is 4.64. The molecule has 3 rings (SSSR count). The maximum absolute atomic E-state index is 12.6. The molecule has 0 amide bonds. The van der Waals surface area contributed by atoms with Gasteiger partial charge in [0.25, 0.3) is 5.56 Å². The Morgan fingerprint density at radius 3 is 2.71 bits per heavy atom. The second kappa shape index (κ2) is 6.86. The predicted octanol–water partition coefficient (Wildman–Crippen LogP) is 3.16. The number of hydrogen-bond donors (Lipinski definition) is 1. The maximum atomic E-state index is 12.6. The molecule has 0 aliphatic heterocycles. The summed E-state index contributed by atoms with van der Waals surface area (Å²) in [4.78, 5) is 20.2. The summed E-state index contributed by atoms with van der Waals surface area (Å²) >= 11 is 0. The standard InChI is InChI=1S/C18H22N4O2/c1-4-9-13-15-16(22(5-2)21-13)18(23)20-17(19-15)12-10-7-8-11-14(12)24-6-3/h7-8,10-11H,4-6,9H2,1-3H3,(H,19,20,23). The molecule has 24 heavy (non-hydrogen) atoms. The maximum Gasteiger partial charge on any atom is 0.277 e. The van der Waals surface area contributed by atoms with Gasteiger partial charge in [0, 0.05) is 6.54 Å². The van der Waals surface area contributed by atoms with Gasteiger partial charge in [-0.2, -0.15) is 5.10 Å². The Morgan fingerprint density at radius 2 is 2.00 bits per heavy atom. The molecule has 0 radical (unpaired) electrons. The fraction of sp³-hybridized carbons (Fsp3) is 0.389. The van der Waals surface area contributed by atoms with Gasteiger partial charge in [-0.1, -0.05) is 25.5 Å². The van der Waals surface area contributed by atoms with Gasteiger partial charge < -0.3 is 9.72 Å². The van der Waals surface area contributed by atoms with Crippen molar-refractivity contribution in [2.75, 3.05) is 6.61 Å². The molecule has 126 valence electrons. The van der Waals surface area contributed by atoms with E-state index in [4.69, 9.17) is 9.72 Å². The highest BCUT2D eigenvalue weighted by Gasteiger charge is 2.17.